The van der Waals surface area contributed by atoms with Crippen molar-refractivity contribution in [2.45, 2.75) is 24.4 Å². The van der Waals surface area contributed by atoms with E-state index in [0.717, 1.165) is 18.2 Å². The fourth-order valence-corrected chi connectivity index (χ4v) is 3.51. The first-order chi connectivity index (χ1) is 15.0. The fourth-order valence-electron chi connectivity index (χ4n) is 3.51. The average Bonchev–Trinajstić information content (AvgIpc) is 2.78. The van der Waals surface area contributed by atoms with E-state index in [1.165, 1.54) is 12.1 Å². The van der Waals surface area contributed by atoms with Gasteiger partial charge in [0.15, 0.2) is 17.5 Å². The van der Waals surface area contributed by atoms with Crippen molar-refractivity contribution in [1.82, 2.24) is 5.32 Å². The zero-order valence-electron chi connectivity index (χ0n) is 16.5. The summed E-state index contributed by atoms with van der Waals surface area (Å²) in [6.07, 6.45) is -4.44. The monoisotopic (exact) mass is 460 g/mol. The van der Waals surface area contributed by atoms with Gasteiger partial charge in [0.05, 0.1) is 23.2 Å². The van der Waals surface area contributed by atoms with Gasteiger partial charge >= 0.3 is 6.18 Å². The van der Waals surface area contributed by atoms with Crippen molar-refractivity contribution in [3.05, 3.63) is 65.0 Å². The average molecular weight is 460 g/mol. The highest BCUT2D eigenvalue weighted by atomic mass is 19.4. The smallest absolute Gasteiger partial charge is 0.381 e. The number of carbonyl (C=O) groups is 2. The van der Waals surface area contributed by atoms with Crippen LogP contribution in [-0.4, -0.2) is 31.6 Å². The van der Waals surface area contributed by atoms with Crippen LogP contribution in [0.1, 0.15) is 24.0 Å². The van der Waals surface area contributed by atoms with Gasteiger partial charge in [0, 0.05) is 13.2 Å². The molecule has 2 aromatic carbocycles. The Morgan fingerprint density at radius 2 is 1.69 bits per heavy atom. The summed E-state index contributed by atoms with van der Waals surface area (Å²) in [7, 11) is 0. The van der Waals surface area contributed by atoms with Crippen LogP contribution in [0.5, 0.6) is 0 Å². The van der Waals surface area contributed by atoms with E-state index in [1.54, 1.807) is 0 Å². The van der Waals surface area contributed by atoms with Crippen molar-refractivity contribution in [3.8, 4) is 0 Å². The number of halogens is 6. The highest BCUT2D eigenvalue weighted by molar-refractivity contribution is 5.96. The van der Waals surface area contributed by atoms with Crippen LogP contribution in [0.3, 0.4) is 0 Å². The minimum atomic E-state index is -4.60. The van der Waals surface area contributed by atoms with Gasteiger partial charge in [-0.2, -0.15) is 13.2 Å². The maximum atomic E-state index is 13.7. The molecule has 172 valence electrons. The Bertz CT molecular complexity index is 1020. The number of alkyl halides is 3. The van der Waals surface area contributed by atoms with Crippen molar-refractivity contribution in [2.24, 2.45) is 0 Å². The van der Waals surface area contributed by atoms with E-state index in [2.05, 4.69) is 5.32 Å². The number of hydrogen-bond donors (Lipinski definition) is 2. The van der Waals surface area contributed by atoms with E-state index in [9.17, 15) is 35.9 Å². The Morgan fingerprint density at radius 3 is 2.34 bits per heavy atom. The van der Waals surface area contributed by atoms with Crippen LogP contribution in [0.4, 0.5) is 32.0 Å². The number of nitrogens with one attached hydrogen (secondary N) is 2. The third-order valence-electron chi connectivity index (χ3n) is 5.24. The molecule has 1 aliphatic heterocycles. The lowest BCUT2D eigenvalue weighted by Gasteiger charge is -2.36. The Hall–Kier alpha value is -3.08. The van der Waals surface area contributed by atoms with E-state index in [0.29, 0.717) is 6.07 Å². The lowest BCUT2D eigenvalue weighted by Crippen LogP contribution is -2.49. The van der Waals surface area contributed by atoms with Crippen LogP contribution in [0.2, 0.25) is 0 Å². The molecular formula is C21H18F6N2O3. The number of hydrogen-bond acceptors (Lipinski definition) is 3. The second-order valence-electron chi connectivity index (χ2n) is 7.23. The van der Waals surface area contributed by atoms with Crippen LogP contribution in [0, 0.1) is 17.5 Å². The molecule has 2 amide bonds. The number of amides is 2. The number of ether oxygens (including phenoxy) is 1. The Balaban J connectivity index is 1.76. The molecule has 0 atom stereocenters. The predicted octanol–water partition coefficient (Wildman–Crippen LogP) is 3.93. The molecule has 0 saturated carbocycles. The second kappa shape index (κ2) is 9.19. The zero-order valence-corrected chi connectivity index (χ0v) is 16.5. The summed E-state index contributed by atoms with van der Waals surface area (Å²) in [6, 6.07) is 5.81. The van der Waals surface area contributed by atoms with Crippen LogP contribution in [0.15, 0.2) is 36.4 Å². The van der Waals surface area contributed by atoms with E-state index in [1.807, 2.05) is 5.32 Å². The van der Waals surface area contributed by atoms with Crippen LogP contribution in [-0.2, 0) is 25.9 Å². The minimum Gasteiger partial charge on any atom is -0.381 e. The van der Waals surface area contributed by atoms with Gasteiger partial charge in [-0.05, 0) is 36.6 Å². The summed E-state index contributed by atoms with van der Waals surface area (Å²) >= 11 is 0. The second-order valence-corrected chi connectivity index (χ2v) is 7.23. The third kappa shape index (κ3) is 4.87. The predicted molar refractivity (Wildman–Crippen MR) is 101 cm³/mol. The van der Waals surface area contributed by atoms with Crippen LogP contribution in [0.25, 0.3) is 0 Å². The molecule has 1 aliphatic rings. The first kappa shape index (κ1) is 23.6. The Morgan fingerprint density at radius 1 is 1.00 bits per heavy atom. The van der Waals surface area contributed by atoms with E-state index in [4.69, 9.17) is 4.74 Å². The Labute approximate surface area is 178 Å². The highest BCUT2D eigenvalue weighted by Gasteiger charge is 2.43. The maximum Gasteiger partial charge on any atom is 0.416 e. The van der Waals surface area contributed by atoms with Gasteiger partial charge in [-0.3, -0.25) is 9.59 Å². The molecule has 0 bridgehead atoms. The maximum absolute atomic E-state index is 13.7. The molecule has 1 fully saturated rings. The molecule has 0 radical (unpaired) electrons. The van der Waals surface area contributed by atoms with Crippen molar-refractivity contribution in [3.63, 3.8) is 0 Å². The van der Waals surface area contributed by atoms with Crippen LogP contribution < -0.4 is 10.6 Å². The Kier molecular flexibility index (Phi) is 6.77. The van der Waals surface area contributed by atoms with E-state index < -0.39 is 58.7 Å². The summed E-state index contributed by atoms with van der Waals surface area (Å²) in [4.78, 5) is 25.1. The normalized spacial score (nSPS) is 15.8. The van der Waals surface area contributed by atoms with Gasteiger partial charge in [-0.25, -0.2) is 13.2 Å². The van der Waals surface area contributed by atoms with Gasteiger partial charge in [-0.15, -0.1) is 0 Å². The third-order valence-corrected chi connectivity index (χ3v) is 5.24. The van der Waals surface area contributed by atoms with Gasteiger partial charge in [-0.1, -0.05) is 18.2 Å². The molecule has 0 unspecified atom stereocenters. The van der Waals surface area contributed by atoms with Crippen LogP contribution >= 0.6 is 0 Å². The molecule has 0 aromatic heterocycles. The molecule has 2 N–H and O–H groups in total. The molecule has 32 heavy (non-hydrogen) atoms. The van der Waals surface area contributed by atoms with E-state index in [-0.39, 0.29) is 31.6 Å². The minimum absolute atomic E-state index is 0.0829. The number of anilines is 1. The van der Waals surface area contributed by atoms with Gasteiger partial charge in [0.2, 0.25) is 11.8 Å². The molecule has 5 nitrogen and oxygen atoms in total. The first-order valence-electron chi connectivity index (χ1n) is 9.52. The number of carbonyl (C=O) groups excluding carboxylic acids is 2. The van der Waals surface area contributed by atoms with Crippen molar-refractivity contribution >= 4 is 17.5 Å². The zero-order chi connectivity index (χ0) is 23.5. The summed E-state index contributed by atoms with van der Waals surface area (Å²) in [5, 5.41) is 4.35. The molecule has 3 rings (SSSR count). The first-order valence-corrected chi connectivity index (χ1v) is 9.52. The molecule has 1 heterocycles. The lowest BCUT2D eigenvalue weighted by atomic mass is 9.73. The van der Waals surface area contributed by atoms with Crippen molar-refractivity contribution < 1.29 is 40.7 Å². The summed E-state index contributed by atoms with van der Waals surface area (Å²) in [5.74, 6) is -6.45. The molecule has 2 aromatic rings. The topological polar surface area (TPSA) is 67.4 Å². The van der Waals surface area contributed by atoms with Gasteiger partial charge < -0.3 is 15.4 Å². The fraction of sp³-hybridized carbons (Fsp3) is 0.333. The number of rotatable bonds is 5. The van der Waals surface area contributed by atoms with Crippen molar-refractivity contribution in [2.75, 3.05) is 25.1 Å². The molecule has 0 aliphatic carbocycles. The standard InChI is InChI=1S/C21H18F6N2O3/c22-14-4-5-15(18(24)17(14)23)29-16(30)11-28-19(31)20(6-8-32-9-7-20)12-2-1-3-13(10-12)21(25,26)27/h1-5,10H,6-9,11H2,(H,28,31)(H,29,30). The summed E-state index contributed by atoms with van der Waals surface area (Å²) in [6.45, 7) is -0.426. The molecule has 11 heteroatoms. The highest BCUT2D eigenvalue weighted by Crippen LogP contribution is 2.38. The van der Waals surface area contributed by atoms with Gasteiger partial charge in [0.25, 0.3) is 0 Å². The molecule has 1 saturated heterocycles. The largest absolute Gasteiger partial charge is 0.416 e. The van der Waals surface area contributed by atoms with Gasteiger partial charge in [0.1, 0.15) is 0 Å². The summed E-state index contributed by atoms with van der Waals surface area (Å²) < 4.78 is 84.7. The summed E-state index contributed by atoms with van der Waals surface area (Å²) in [5.41, 5.74) is -2.78. The van der Waals surface area contributed by atoms with Crippen molar-refractivity contribution in [1.29, 1.82) is 0 Å². The SMILES string of the molecule is O=C(CNC(=O)C1(c2cccc(C(F)(F)F)c2)CCOCC1)Nc1ccc(F)c(F)c1F. The molecule has 0 spiro atoms. The lowest BCUT2D eigenvalue weighted by molar-refractivity contribution is -0.138. The number of benzene rings is 2. The van der Waals surface area contributed by atoms with E-state index >= 15 is 0 Å². The quantitative estimate of drug-likeness (QED) is 0.525. The molecular weight excluding hydrogens is 442 g/mol.